The van der Waals surface area contributed by atoms with Crippen LogP contribution < -0.4 is 9.64 Å². The highest BCUT2D eigenvalue weighted by Gasteiger charge is 2.58. The molecule has 0 aromatic heterocycles. The second-order valence-corrected chi connectivity index (χ2v) is 8.44. The molecule has 1 amide bonds. The zero-order chi connectivity index (χ0) is 25.3. The maximum absolute atomic E-state index is 13.7. The second-order valence-electron chi connectivity index (χ2n) is 8.44. The van der Waals surface area contributed by atoms with Crippen molar-refractivity contribution < 1.29 is 37.0 Å². The molecule has 0 saturated carbocycles. The molecule has 178 valence electrons. The van der Waals surface area contributed by atoms with Gasteiger partial charge < -0.3 is 19.1 Å². The zero-order valence-electron chi connectivity index (χ0n) is 18.6. The summed E-state index contributed by atoms with van der Waals surface area (Å²) in [5, 5.41) is 9.62. The van der Waals surface area contributed by atoms with Gasteiger partial charge in [0.2, 0.25) is 0 Å². The Labute approximate surface area is 193 Å². The molecule has 0 aliphatic carbocycles. The Morgan fingerprint density at radius 1 is 1.15 bits per heavy atom. The van der Waals surface area contributed by atoms with Crippen LogP contribution in [-0.4, -0.2) is 24.0 Å². The van der Waals surface area contributed by atoms with Crippen LogP contribution in [0.2, 0.25) is 0 Å². The van der Waals surface area contributed by atoms with E-state index in [9.17, 15) is 28.0 Å². The first-order chi connectivity index (χ1) is 15.8. The smallest absolute Gasteiger partial charge is 0.429 e. The molecule has 1 aliphatic heterocycles. The molecule has 1 aliphatic rings. The van der Waals surface area contributed by atoms with Gasteiger partial charge in [0.05, 0.1) is 23.9 Å². The minimum absolute atomic E-state index is 0.00964. The lowest BCUT2D eigenvalue weighted by Crippen LogP contribution is -2.45. The predicted molar refractivity (Wildman–Crippen MR) is 115 cm³/mol. The molecule has 0 radical (unpaired) electrons. The highest BCUT2D eigenvalue weighted by molar-refractivity contribution is 6.10. The minimum atomic E-state index is -5.01. The number of hydrogen-bond donors (Lipinski definition) is 0. The van der Waals surface area contributed by atoms with E-state index in [1.165, 1.54) is 11.0 Å². The lowest BCUT2D eigenvalue weighted by Gasteiger charge is -2.29. The van der Waals surface area contributed by atoms with Gasteiger partial charge in [-0.2, -0.15) is 5.26 Å². The molecule has 0 spiro atoms. The van der Waals surface area contributed by atoms with Crippen LogP contribution in [0.4, 0.5) is 23.7 Å². The Bertz CT molecular complexity index is 1170. The number of fused-ring (bicyclic) bond motifs is 1. The first kappa shape index (κ1) is 24.6. The van der Waals surface area contributed by atoms with Gasteiger partial charge in [0.1, 0.15) is 11.4 Å². The van der Waals surface area contributed by atoms with E-state index in [4.69, 9.17) is 9.47 Å². The van der Waals surface area contributed by atoms with Crippen LogP contribution in [0.1, 0.15) is 31.9 Å². The van der Waals surface area contributed by atoms with Gasteiger partial charge in [-0.05, 0) is 44.5 Å². The molecule has 0 N–H and O–H groups in total. The third-order valence-electron chi connectivity index (χ3n) is 4.79. The van der Waals surface area contributed by atoms with Gasteiger partial charge in [-0.3, -0.25) is 4.79 Å². The number of anilines is 1. The average Bonchev–Trinajstić information content (AvgIpc) is 2.94. The Balaban J connectivity index is 2.18. The summed E-state index contributed by atoms with van der Waals surface area (Å²) in [6.45, 7) is 8.23. The molecule has 2 aromatic carbocycles. The lowest BCUT2D eigenvalue weighted by molar-refractivity contribution is -0.274. The summed E-state index contributed by atoms with van der Waals surface area (Å²) in [4.78, 5) is 27.5. The fraction of sp³-hybridized carbons (Fsp3) is 0.292. The zero-order valence-corrected chi connectivity index (χ0v) is 18.6. The number of nitrogens with zero attached hydrogens (tertiary/aromatic N) is 2. The van der Waals surface area contributed by atoms with Crippen molar-refractivity contribution in [3.63, 3.8) is 0 Å². The Morgan fingerprint density at radius 3 is 2.35 bits per heavy atom. The first-order valence-electron chi connectivity index (χ1n) is 10.0. The number of hydrogen-bond acceptors (Lipinski definition) is 6. The van der Waals surface area contributed by atoms with Gasteiger partial charge in [0, 0.05) is 5.56 Å². The number of alkyl halides is 3. The Morgan fingerprint density at radius 2 is 1.79 bits per heavy atom. The number of carbonyl (C=O) groups is 2. The third kappa shape index (κ3) is 4.98. The van der Waals surface area contributed by atoms with Crippen molar-refractivity contribution >= 4 is 17.7 Å². The second kappa shape index (κ2) is 8.74. The van der Waals surface area contributed by atoms with Crippen LogP contribution in [0.15, 0.2) is 60.7 Å². The fourth-order valence-electron chi connectivity index (χ4n) is 3.49. The molecule has 1 unspecified atom stereocenters. The lowest BCUT2D eigenvalue weighted by atomic mass is 9.88. The van der Waals surface area contributed by atoms with Crippen LogP contribution >= 0.6 is 0 Å². The third-order valence-corrected chi connectivity index (χ3v) is 4.79. The number of ether oxygens (including phenoxy) is 3. The van der Waals surface area contributed by atoms with Crippen LogP contribution in [-0.2, 0) is 26.4 Å². The molecule has 10 heteroatoms. The van der Waals surface area contributed by atoms with Gasteiger partial charge in [-0.25, -0.2) is 4.79 Å². The molecular weight excluding hydrogens is 453 g/mol. The average molecular weight is 474 g/mol. The van der Waals surface area contributed by atoms with Crippen LogP contribution in [0, 0.1) is 11.3 Å². The van der Waals surface area contributed by atoms with E-state index in [-0.39, 0.29) is 17.8 Å². The van der Waals surface area contributed by atoms with Crippen LogP contribution in [0.25, 0.3) is 0 Å². The van der Waals surface area contributed by atoms with E-state index in [2.05, 4.69) is 11.3 Å². The van der Waals surface area contributed by atoms with Crippen molar-refractivity contribution in [3.8, 4) is 11.8 Å². The highest BCUT2D eigenvalue weighted by atomic mass is 19.4. The summed E-state index contributed by atoms with van der Waals surface area (Å²) in [6, 6.07) is 13.6. The standard InChI is InChI=1S/C24H21F3N2O5/c1-15(13-28)23(34-21(31)33-22(2,3)4)18-12-17(32-24(25,26)27)10-11-19(18)29(20(23)30)14-16-8-6-5-7-9-16/h5-12H,1,14H2,2-4H3. The summed E-state index contributed by atoms with van der Waals surface area (Å²) < 4.78 is 53.2. The molecule has 34 heavy (non-hydrogen) atoms. The first-order valence-corrected chi connectivity index (χ1v) is 10.0. The van der Waals surface area contributed by atoms with Crippen LogP contribution in [0.5, 0.6) is 5.75 Å². The van der Waals surface area contributed by atoms with E-state index in [1.807, 2.05) is 0 Å². The minimum Gasteiger partial charge on any atom is -0.429 e. The molecule has 0 saturated heterocycles. The number of rotatable bonds is 5. The van der Waals surface area contributed by atoms with Crippen molar-refractivity contribution in [2.24, 2.45) is 0 Å². The number of halogens is 3. The Hall–Kier alpha value is -4.00. The van der Waals surface area contributed by atoms with E-state index < -0.39 is 40.9 Å². The maximum Gasteiger partial charge on any atom is 0.573 e. The van der Waals surface area contributed by atoms with E-state index in [0.29, 0.717) is 5.56 Å². The summed E-state index contributed by atoms with van der Waals surface area (Å²) in [5.41, 5.74) is -3.35. The summed E-state index contributed by atoms with van der Waals surface area (Å²) in [6.07, 6.45) is -6.31. The molecule has 0 fully saturated rings. The van der Waals surface area contributed by atoms with Crippen molar-refractivity contribution in [2.75, 3.05) is 4.90 Å². The number of nitriles is 1. The van der Waals surface area contributed by atoms with Gasteiger partial charge in [-0.1, -0.05) is 36.9 Å². The maximum atomic E-state index is 13.7. The summed E-state index contributed by atoms with van der Waals surface area (Å²) in [5.74, 6) is -1.54. The topological polar surface area (TPSA) is 88.9 Å². The van der Waals surface area contributed by atoms with E-state index >= 15 is 0 Å². The monoisotopic (exact) mass is 474 g/mol. The van der Waals surface area contributed by atoms with Crippen molar-refractivity contribution in [2.45, 2.75) is 44.9 Å². The quantitative estimate of drug-likeness (QED) is 0.428. The molecule has 0 bridgehead atoms. The molecule has 2 aromatic rings. The number of carbonyl (C=O) groups excluding carboxylic acids is 2. The highest BCUT2D eigenvalue weighted by Crippen LogP contribution is 2.49. The molecule has 1 atom stereocenters. The van der Waals surface area contributed by atoms with Crippen molar-refractivity contribution in [1.29, 1.82) is 5.26 Å². The molecule has 1 heterocycles. The summed E-state index contributed by atoms with van der Waals surface area (Å²) >= 11 is 0. The van der Waals surface area contributed by atoms with Crippen molar-refractivity contribution in [1.82, 2.24) is 0 Å². The van der Waals surface area contributed by atoms with E-state index in [1.54, 1.807) is 57.2 Å². The van der Waals surface area contributed by atoms with Gasteiger partial charge in [0.15, 0.2) is 0 Å². The summed E-state index contributed by atoms with van der Waals surface area (Å²) in [7, 11) is 0. The fourth-order valence-corrected chi connectivity index (χ4v) is 3.49. The predicted octanol–water partition coefficient (Wildman–Crippen LogP) is 5.36. The van der Waals surface area contributed by atoms with Crippen LogP contribution in [0.3, 0.4) is 0 Å². The largest absolute Gasteiger partial charge is 0.573 e. The van der Waals surface area contributed by atoms with Gasteiger partial charge in [-0.15, -0.1) is 13.2 Å². The van der Waals surface area contributed by atoms with E-state index in [0.717, 1.165) is 12.1 Å². The van der Waals surface area contributed by atoms with Gasteiger partial charge >= 0.3 is 12.5 Å². The van der Waals surface area contributed by atoms with Gasteiger partial charge in [0.25, 0.3) is 11.5 Å². The molecule has 7 nitrogen and oxygen atoms in total. The van der Waals surface area contributed by atoms with Crippen molar-refractivity contribution in [3.05, 3.63) is 71.8 Å². The Kier molecular flexibility index (Phi) is 6.33. The number of benzene rings is 2. The molecular formula is C24H21F3N2O5. The molecule has 3 rings (SSSR count). The number of amides is 1. The SMILES string of the molecule is C=C(C#N)C1(OC(=O)OC(C)(C)C)C(=O)N(Cc2ccccc2)c2ccc(OC(F)(F)F)cc21. The normalized spacial score (nSPS) is 17.6.